The van der Waals surface area contributed by atoms with Gasteiger partial charge in [0, 0.05) is 29.9 Å². The predicted molar refractivity (Wildman–Crippen MR) is 76.9 cm³/mol. The molecule has 1 aliphatic rings. The van der Waals surface area contributed by atoms with Crippen molar-refractivity contribution in [2.75, 3.05) is 32.1 Å². The topological polar surface area (TPSA) is 47.3 Å². The smallest absolute Gasteiger partial charge is 0.0569 e. The molecule has 3 N–H and O–H groups in total. The summed E-state index contributed by atoms with van der Waals surface area (Å²) in [5.74, 6) is 1.12. The van der Waals surface area contributed by atoms with Crippen molar-refractivity contribution in [3.8, 4) is 0 Å². The highest BCUT2D eigenvalue weighted by Crippen LogP contribution is 2.25. The molecule has 1 heterocycles. The van der Waals surface area contributed by atoms with Gasteiger partial charge >= 0.3 is 0 Å². The van der Waals surface area contributed by atoms with Gasteiger partial charge in [0.05, 0.1) is 13.2 Å². The third-order valence-corrected chi connectivity index (χ3v) is 4.21. The van der Waals surface area contributed by atoms with Gasteiger partial charge in [-0.05, 0) is 23.4 Å². The van der Waals surface area contributed by atoms with Gasteiger partial charge < -0.3 is 15.8 Å². The summed E-state index contributed by atoms with van der Waals surface area (Å²) in [6.07, 6.45) is 0. The summed E-state index contributed by atoms with van der Waals surface area (Å²) in [4.78, 5) is 1.34. The van der Waals surface area contributed by atoms with E-state index in [4.69, 9.17) is 10.5 Å². The molecule has 1 aromatic carbocycles. The van der Waals surface area contributed by atoms with Gasteiger partial charge in [-0.3, -0.25) is 0 Å². The molecule has 0 radical (unpaired) electrons. The zero-order chi connectivity index (χ0) is 12.8. The molecule has 1 saturated heterocycles. The molecule has 0 aromatic heterocycles. The van der Waals surface area contributed by atoms with Crippen molar-refractivity contribution in [2.24, 2.45) is 11.1 Å². The minimum absolute atomic E-state index is 0.179. The third-order valence-electron chi connectivity index (χ3n) is 3.31. The number of thioether (sulfide) groups is 1. The minimum atomic E-state index is 0.179. The maximum Gasteiger partial charge on any atom is 0.0569 e. The molecule has 0 amide bonds. The van der Waals surface area contributed by atoms with E-state index in [1.807, 2.05) is 11.8 Å². The van der Waals surface area contributed by atoms with Crippen LogP contribution >= 0.6 is 11.8 Å². The summed E-state index contributed by atoms with van der Waals surface area (Å²) in [7, 11) is 0. The summed E-state index contributed by atoms with van der Waals surface area (Å²) in [5.41, 5.74) is 7.28. The number of hydrogen-bond acceptors (Lipinski definition) is 4. The lowest BCUT2D eigenvalue weighted by molar-refractivity contribution is -0.105. The standard InChI is InChI=1S/C14H22N2OS/c1-2-18-13-5-3-12(4-6-13)7-16-9-14(8-15)10-17-11-14/h3-6,16H,2,7-11,15H2,1H3. The van der Waals surface area contributed by atoms with Gasteiger partial charge in [-0.15, -0.1) is 11.8 Å². The Balaban J connectivity index is 1.76. The average Bonchev–Trinajstić information content (AvgIpc) is 2.35. The fourth-order valence-corrected chi connectivity index (χ4v) is 2.69. The Morgan fingerprint density at radius 2 is 2.06 bits per heavy atom. The van der Waals surface area contributed by atoms with Crippen molar-refractivity contribution in [1.29, 1.82) is 0 Å². The molecule has 0 aliphatic carbocycles. The van der Waals surface area contributed by atoms with Crippen LogP contribution in [0.2, 0.25) is 0 Å². The fraction of sp³-hybridized carbons (Fsp3) is 0.571. The lowest BCUT2D eigenvalue weighted by atomic mass is 9.86. The van der Waals surface area contributed by atoms with E-state index in [1.165, 1.54) is 10.5 Å². The van der Waals surface area contributed by atoms with Gasteiger partial charge in [0.1, 0.15) is 0 Å². The zero-order valence-electron chi connectivity index (χ0n) is 10.9. The Morgan fingerprint density at radius 1 is 1.33 bits per heavy atom. The number of ether oxygens (including phenoxy) is 1. The summed E-state index contributed by atoms with van der Waals surface area (Å²) in [6, 6.07) is 8.77. The highest BCUT2D eigenvalue weighted by Gasteiger charge is 2.36. The van der Waals surface area contributed by atoms with Crippen LogP contribution in [0.4, 0.5) is 0 Å². The van der Waals surface area contributed by atoms with Crippen molar-refractivity contribution < 1.29 is 4.74 Å². The largest absolute Gasteiger partial charge is 0.380 e. The molecule has 18 heavy (non-hydrogen) atoms. The molecule has 0 saturated carbocycles. The minimum Gasteiger partial charge on any atom is -0.380 e. The van der Waals surface area contributed by atoms with E-state index in [1.54, 1.807) is 0 Å². The van der Waals surface area contributed by atoms with Crippen LogP contribution in [0.15, 0.2) is 29.2 Å². The molecule has 3 nitrogen and oxygen atoms in total. The predicted octanol–water partition coefficient (Wildman–Crippen LogP) is 1.86. The first kappa shape index (κ1) is 13.9. The summed E-state index contributed by atoms with van der Waals surface area (Å²) in [6.45, 7) is 6.30. The SMILES string of the molecule is CCSc1ccc(CNCC2(CN)COC2)cc1. The zero-order valence-corrected chi connectivity index (χ0v) is 11.8. The van der Waals surface area contributed by atoms with Gasteiger partial charge in [-0.2, -0.15) is 0 Å². The van der Waals surface area contributed by atoms with Crippen molar-refractivity contribution >= 4 is 11.8 Å². The highest BCUT2D eigenvalue weighted by atomic mass is 32.2. The van der Waals surface area contributed by atoms with Crippen molar-refractivity contribution in [1.82, 2.24) is 5.32 Å². The Kier molecular flexibility index (Phi) is 5.06. The van der Waals surface area contributed by atoms with Crippen molar-refractivity contribution in [3.05, 3.63) is 29.8 Å². The van der Waals surface area contributed by atoms with Crippen LogP contribution in [-0.2, 0) is 11.3 Å². The average molecular weight is 266 g/mol. The van der Waals surface area contributed by atoms with Crippen LogP contribution in [0.3, 0.4) is 0 Å². The number of nitrogens with one attached hydrogen (secondary N) is 1. The maximum absolute atomic E-state index is 5.78. The molecular formula is C14H22N2OS. The number of benzene rings is 1. The normalized spacial score (nSPS) is 17.4. The first-order chi connectivity index (χ1) is 8.78. The Labute approximate surface area is 113 Å². The molecule has 1 aromatic rings. The summed E-state index contributed by atoms with van der Waals surface area (Å²) < 4.78 is 5.25. The Morgan fingerprint density at radius 3 is 2.56 bits per heavy atom. The van der Waals surface area contributed by atoms with Crippen molar-refractivity contribution in [2.45, 2.75) is 18.4 Å². The molecule has 1 aliphatic heterocycles. The second kappa shape index (κ2) is 6.57. The monoisotopic (exact) mass is 266 g/mol. The molecule has 0 atom stereocenters. The maximum atomic E-state index is 5.78. The quantitative estimate of drug-likeness (QED) is 0.740. The lowest BCUT2D eigenvalue weighted by Gasteiger charge is -2.40. The Hall–Kier alpha value is -0.550. The van der Waals surface area contributed by atoms with E-state index >= 15 is 0 Å². The highest BCUT2D eigenvalue weighted by molar-refractivity contribution is 7.99. The van der Waals surface area contributed by atoms with Gasteiger partial charge in [-0.1, -0.05) is 19.1 Å². The summed E-state index contributed by atoms with van der Waals surface area (Å²) >= 11 is 1.87. The van der Waals surface area contributed by atoms with E-state index in [2.05, 4.69) is 36.5 Å². The first-order valence-electron chi connectivity index (χ1n) is 6.48. The molecule has 0 bridgehead atoms. The van der Waals surface area contributed by atoms with Crippen LogP contribution in [0.1, 0.15) is 12.5 Å². The summed E-state index contributed by atoms with van der Waals surface area (Å²) in [5, 5.41) is 3.48. The van der Waals surface area contributed by atoms with E-state index < -0.39 is 0 Å². The van der Waals surface area contributed by atoms with Gasteiger partial charge in [0.15, 0.2) is 0 Å². The van der Waals surface area contributed by atoms with E-state index in [0.717, 1.165) is 32.1 Å². The van der Waals surface area contributed by atoms with E-state index in [0.29, 0.717) is 6.54 Å². The van der Waals surface area contributed by atoms with Crippen LogP contribution in [0.25, 0.3) is 0 Å². The molecule has 0 spiro atoms. The van der Waals surface area contributed by atoms with Gasteiger partial charge in [0.2, 0.25) is 0 Å². The molecule has 1 fully saturated rings. The molecule has 2 rings (SSSR count). The van der Waals surface area contributed by atoms with Gasteiger partial charge in [-0.25, -0.2) is 0 Å². The Bertz CT molecular complexity index is 357. The second-order valence-electron chi connectivity index (χ2n) is 4.88. The van der Waals surface area contributed by atoms with Crippen LogP contribution in [0, 0.1) is 5.41 Å². The molecule has 4 heteroatoms. The van der Waals surface area contributed by atoms with Crippen LogP contribution < -0.4 is 11.1 Å². The fourth-order valence-electron chi connectivity index (χ4n) is 2.03. The van der Waals surface area contributed by atoms with E-state index in [-0.39, 0.29) is 5.41 Å². The first-order valence-corrected chi connectivity index (χ1v) is 7.47. The van der Waals surface area contributed by atoms with E-state index in [9.17, 15) is 0 Å². The van der Waals surface area contributed by atoms with Crippen LogP contribution in [0.5, 0.6) is 0 Å². The lowest BCUT2D eigenvalue weighted by Crippen LogP contribution is -2.54. The van der Waals surface area contributed by atoms with Crippen LogP contribution in [-0.4, -0.2) is 32.1 Å². The number of hydrogen-bond donors (Lipinski definition) is 2. The van der Waals surface area contributed by atoms with Crippen molar-refractivity contribution in [3.63, 3.8) is 0 Å². The number of rotatable bonds is 7. The molecule has 0 unspecified atom stereocenters. The third kappa shape index (κ3) is 3.48. The molecule has 100 valence electrons. The van der Waals surface area contributed by atoms with Gasteiger partial charge in [0.25, 0.3) is 0 Å². The second-order valence-corrected chi connectivity index (χ2v) is 6.21. The molecular weight excluding hydrogens is 244 g/mol. The number of nitrogens with two attached hydrogens (primary N) is 1.